The molecule has 4 aliphatic carbocycles. The highest BCUT2D eigenvalue weighted by atomic mass is 16.6. The largest absolute Gasteiger partial charge is 0.461 e. The molecule has 5 nitrogen and oxygen atoms in total. The maximum absolute atomic E-state index is 12.1. The summed E-state index contributed by atoms with van der Waals surface area (Å²) in [5, 5.41) is 8.78. The van der Waals surface area contributed by atoms with Gasteiger partial charge in [0, 0.05) is 6.42 Å². The average Bonchev–Trinajstić information content (AvgIpc) is 2.27. The standard InChI is InChI=1S/C13H18O5/c14-7-17-11(16)12-2-9-1-10(3-12)5-13(4-9,6-12)18-8-15/h8-10,14H,1-7H2. The van der Waals surface area contributed by atoms with Crippen LogP contribution in [-0.4, -0.2) is 29.9 Å². The van der Waals surface area contributed by atoms with E-state index in [4.69, 9.17) is 14.6 Å². The Bertz CT molecular complexity index is 364. The molecular formula is C13H18O5. The van der Waals surface area contributed by atoms with Gasteiger partial charge in [-0.2, -0.15) is 0 Å². The van der Waals surface area contributed by atoms with Gasteiger partial charge in [-0.1, -0.05) is 0 Å². The van der Waals surface area contributed by atoms with Crippen LogP contribution in [0.25, 0.3) is 0 Å². The van der Waals surface area contributed by atoms with Gasteiger partial charge in [0.2, 0.25) is 0 Å². The highest BCUT2D eigenvalue weighted by Crippen LogP contribution is 2.63. The molecule has 18 heavy (non-hydrogen) atoms. The molecule has 5 heteroatoms. The molecule has 0 aromatic carbocycles. The fourth-order valence-electron chi connectivity index (χ4n) is 4.87. The van der Waals surface area contributed by atoms with Crippen molar-refractivity contribution in [1.82, 2.24) is 0 Å². The van der Waals surface area contributed by atoms with Gasteiger partial charge >= 0.3 is 5.97 Å². The second-order valence-corrected chi connectivity index (χ2v) is 6.20. The van der Waals surface area contributed by atoms with Crippen molar-refractivity contribution in [2.24, 2.45) is 17.3 Å². The van der Waals surface area contributed by atoms with Crippen LogP contribution in [0.15, 0.2) is 0 Å². The minimum Gasteiger partial charge on any atom is -0.461 e. The van der Waals surface area contributed by atoms with Crippen LogP contribution in [0, 0.1) is 17.3 Å². The van der Waals surface area contributed by atoms with E-state index < -0.39 is 17.8 Å². The van der Waals surface area contributed by atoms with E-state index in [1.807, 2.05) is 0 Å². The average molecular weight is 254 g/mol. The monoisotopic (exact) mass is 254 g/mol. The quantitative estimate of drug-likeness (QED) is 0.460. The van der Waals surface area contributed by atoms with E-state index in [1.165, 1.54) is 0 Å². The van der Waals surface area contributed by atoms with Gasteiger partial charge in [0.05, 0.1) is 5.41 Å². The number of aliphatic hydroxyl groups is 1. The lowest BCUT2D eigenvalue weighted by Gasteiger charge is -2.59. The summed E-state index contributed by atoms with van der Waals surface area (Å²) in [7, 11) is 0. The number of hydrogen-bond donors (Lipinski definition) is 1. The predicted octanol–water partition coefficient (Wildman–Crippen LogP) is 0.991. The molecule has 1 N–H and O–H groups in total. The second-order valence-electron chi connectivity index (χ2n) is 6.20. The number of hydrogen-bond acceptors (Lipinski definition) is 5. The van der Waals surface area contributed by atoms with Gasteiger partial charge in [-0.3, -0.25) is 9.59 Å². The number of esters is 1. The number of carbonyl (C=O) groups is 2. The molecule has 4 rings (SSSR count). The lowest BCUT2D eigenvalue weighted by molar-refractivity contribution is -0.209. The number of aliphatic hydroxyl groups excluding tert-OH is 1. The number of carbonyl (C=O) groups excluding carboxylic acids is 2. The van der Waals surface area contributed by atoms with Crippen molar-refractivity contribution in [3.8, 4) is 0 Å². The lowest BCUT2D eigenvalue weighted by Crippen LogP contribution is -2.59. The van der Waals surface area contributed by atoms with Crippen molar-refractivity contribution in [2.75, 3.05) is 6.79 Å². The molecule has 0 aliphatic heterocycles. The first-order chi connectivity index (χ1) is 8.61. The molecule has 0 aromatic heterocycles. The Labute approximate surface area is 105 Å². The minimum atomic E-state index is -0.572. The molecule has 4 fully saturated rings. The van der Waals surface area contributed by atoms with Crippen LogP contribution in [0.2, 0.25) is 0 Å². The van der Waals surface area contributed by atoms with Crippen LogP contribution < -0.4 is 0 Å². The Morgan fingerprint density at radius 2 is 1.94 bits per heavy atom. The maximum Gasteiger partial charge on any atom is 0.314 e. The van der Waals surface area contributed by atoms with Crippen molar-refractivity contribution < 1.29 is 24.2 Å². The SMILES string of the molecule is O=COC12CC3CC(C1)CC(C(=O)OCO)(C3)C2. The summed E-state index contributed by atoms with van der Waals surface area (Å²) >= 11 is 0. The Hall–Kier alpha value is -1.10. The summed E-state index contributed by atoms with van der Waals surface area (Å²) in [5.74, 6) is 0.563. The first kappa shape index (κ1) is 12.0. The summed E-state index contributed by atoms with van der Waals surface area (Å²) in [6.45, 7) is -0.0599. The van der Waals surface area contributed by atoms with E-state index in [0.717, 1.165) is 32.1 Å². The summed E-state index contributed by atoms with van der Waals surface area (Å²) in [4.78, 5) is 22.8. The van der Waals surface area contributed by atoms with Gasteiger partial charge in [0.1, 0.15) is 5.60 Å². The minimum absolute atomic E-state index is 0.321. The smallest absolute Gasteiger partial charge is 0.314 e. The van der Waals surface area contributed by atoms with E-state index in [-0.39, 0.29) is 5.97 Å². The molecule has 4 bridgehead atoms. The normalized spacial score (nSPS) is 44.7. The fourth-order valence-corrected chi connectivity index (χ4v) is 4.87. The third-order valence-corrected chi connectivity index (χ3v) is 4.93. The summed E-state index contributed by atoms with van der Waals surface area (Å²) in [6.07, 6.45) is 5.05. The van der Waals surface area contributed by atoms with Gasteiger partial charge in [0.15, 0.2) is 6.79 Å². The van der Waals surface area contributed by atoms with Crippen LogP contribution in [-0.2, 0) is 19.1 Å². The fraction of sp³-hybridized carbons (Fsp3) is 0.846. The van der Waals surface area contributed by atoms with Gasteiger partial charge in [-0.25, -0.2) is 0 Å². The summed E-state index contributed by atoms with van der Waals surface area (Å²) < 4.78 is 10.2. The van der Waals surface area contributed by atoms with Crippen LogP contribution in [0.3, 0.4) is 0 Å². The molecule has 100 valence electrons. The van der Waals surface area contributed by atoms with Crippen LogP contribution >= 0.6 is 0 Å². The third-order valence-electron chi connectivity index (χ3n) is 4.93. The molecule has 0 aromatic rings. The Kier molecular flexibility index (Phi) is 2.62. The van der Waals surface area contributed by atoms with Crippen molar-refractivity contribution in [1.29, 1.82) is 0 Å². The van der Waals surface area contributed by atoms with E-state index in [2.05, 4.69) is 0 Å². The zero-order valence-corrected chi connectivity index (χ0v) is 10.3. The van der Waals surface area contributed by atoms with Gasteiger partial charge < -0.3 is 14.6 Å². The van der Waals surface area contributed by atoms with Crippen molar-refractivity contribution in [2.45, 2.75) is 44.1 Å². The Balaban J connectivity index is 1.89. The van der Waals surface area contributed by atoms with Crippen molar-refractivity contribution in [3.63, 3.8) is 0 Å². The molecule has 4 saturated carbocycles. The van der Waals surface area contributed by atoms with E-state index in [9.17, 15) is 9.59 Å². The van der Waals surface area contributed by atoms with Crippen molar-refractivity contribution in [3.05, 3.63) is 0 Å². The van der Waals surface area contributed by atoms with Crippen LogP contribution in [0.4, 0.5) is 0 Å². The third kappa shape index (κ3) is 1.64. The maximum atomic E-state index is 12.1. The van der Waals surface area contributed by atoms with E-state index in [1.54, 1.807) is 0 Å². The van der Waals surface area contributed by atoms with Gasteiger partial charge in [-0.05, 0) is 43.9 Å². The molecule has 0 saturated heterocycles. The molecular weight excluding hydrogens is 236 g/mol. The highest BCUT2D eigenvalue weighted by Gasteiger charge is 2.62. The Morgan fingerprint density at radius 1 is 1.28 bits per heavy atom. The molecule has 0 radical (unpaired) electrons. The topological polar surface area (TPSA) is 72.8 Å². The first-order valence-corrected chi connectivity index (χ1v) is 6.51. The summed E-state index contributed by atoms with van der Waals surface area (Å²) in [5.41, 5.74) is -0.990. The molecule has 4 aliphatic rings. The van der Waals surface area contributed by atoms with Crippen molar-refractivity contribution >= 4 is 12.4 Å². The number of rotatable bonds is 4. The van der Waals surface area contributed by atoms with Crippen LogP contribution in [0.1, 0.15) is 38.5 Å². The summed E-state index contributed by atoms with van der Waals surface area (Å²) in [6, 6.07) is 0. The number of ether oxygens (including phenoxy) is 2. The molecule has 0 spiro atoms. The zero-order chi connectivity index (χ0) is 12.8. The molecule has 2 atom stereocenters. The van der Waals surface area contributed by atoms with Gasteiger partial charge in [0.25, 0.3) is 6.47 Å². The molecule has 0 amide bonds. The lowest BCUT2D eigenvalue weighted by atomic mass is 9.48. The predicted molar refractivity (Wildman–Crippen MR) is 60.2 cm³/mol. The highest BCUT2D eigenvalue weighted by molar-refractivity contribution is 5.77. The molecule has 2 unspecified atom stereocenters. The van der Waals surface area contributed by atoms with E-state index in [0.29, 0.717) is 24.7 Å². The second kappa shape index (κ2) is 3.95. The zero-order valence-electron chi connectivity index (χ0n) is 10.3. The first-order valence-electron chi connectivity index (χ1n) is 6.51. The van der Waals surface area contributed by atoms with E-state index >= 15 is 0 Å². The van der Waals surface area contributed by atoms with Gasteiger partial charge in [-0.15, -0.1) is 0 Å². The molecule has 0 heterocycles. The van der Waals surface area contributed by atoms with Crippen LogP contribution in [0.5, 0.6) is 0 Å². The Morgan fingerprint density at radius 3 is 2.50 bits per heavy atom.